The third kappa shape index (κ3) is 2.83. The summed E-state index contributed by atoms with van der Waals surface area (Å²) in [5.74, 6) is -0.928. The Kier molecular flexibility index (Phi) is 3.66. The Bertz CT molecular complexity index is 1020. The molecule has 2 aromatic carbocycles. The Morgan fingerprint density at radius 3 is 2.74 bits per heavy atom. The summed E-state index contributed by atoms with van der Waals surface area (Å²) in [6, 6.07) is 6.93. The van der Waals surface area contributed by atoms with Gasteiger partial charge in [0.1, 0.15) is 21.7 Å². The molecule has 1 N–H and O–H groups in total. The summed E-state index contributed by atoms with van der Waals surface area (Å²) >= 11 is 0.843. The van der Waals surface area contributed by atoms with Crippen molar-refractivity contribution in [2.75, 3.05) is 4.72 Å². The lowest BCUT2D eigenvalue weighted by Gasteiger charge is -2.09. The minimum Gasteiger partial charge on any atom is -0.276 e. The van der Waals surface area contributed by atoms with E-state index in [9.17, 15) is 22.9 Å². The summed E-state index contributed by atoms with van der Waals surface area (Å²) in [6.07, 6.45) is 0. The van der Waals surface area contributed by atoms with Gasteiger partial charge in [0.15, 0.2) is 0 Å². The first-order valence-corrected chi connectivity index (χ1v) is 8.28. The Morgan fingerprint density at radius 1 is 1.22 bits per heavy atom. The van der Waals surface area contributed by atoms with Crippen LogP contribution in [-0.4, -0.2) is 22.1 Å². The second-order valence-electron chi connectivity index (χ2n) is 4.41. The molecular weight excluding hydrogens is 347 g/mol. The van der Waals surface area contributed by atoms with Crippen molar-refractivity contribution in [3.8, 4) is 0 Å². The van der Waals surface area contributed by atoms with Gasteiger partial charge in [0, 0.05) is 12.1 Å². The van der Waals surface area contributed by atoms with E-state index in [0.29, 0.717) is 5.52 Å². The molecule has 0 saturated heterocycles. The largest absolute Gasteiger partial charge is 0.276 e. The molecule has 23 heavy (non-hydrogen) atoms. The number of aromatic nitrogens is 2. The normalized spacial score (nSPS) is 11.5. The standard InChI is InChI=1S/C12H7FN4O4S2/c13-8-5-4-7(17(18)19)6-10(8)16-23(20,21)11-3-1-2-9-12(11)15-22-14-9/h1-6,16H. The summed E-state index contributed by atoms with van der Waals surface area (Å²) in [7, 11) is -4.18. The maximum Gasteiger partial charge on any atom is 0.271 e. The molecule has 0 fully saturated rings. The second kappa shape index (κ2) is 5.52. The maximum absolute atomic E-state index is 13.8. The van der Waals surface area contributed by atoms with Crippen LogP contribution in [0.5, 0.6) is 0 Å². The lowest BCUT2D eigenvalue weighted by Crippen LogP contribution is -2.14. The van der Waals surface area contributed by atoms with Gasteiger partial charge >= 0.3 is 0 Å². The van der Waals surface area contributed by atoms with Gasteiger partial charge in [-0.3, -0.25) is 14.8 Å². The molecule has 1 aromatic heterocycles. The smallest absolute Gasteiger partial charge is 0.271 e. The summed E-state index contributed by atoms with van der Waals surface area (Å²) in [4.78, 5) is 9.80. The predicted octanol–water partition coefficient (Wildman–Crippen LogP) is 2.54. The van der Waals surface area contributed by atoms with Gasteiger partial charge in [-0.1, -0.05) is 6.07 Å². The molecule has 0 aliphatic heterocycles. The molecule has 8 nitrogen and oxygen atoms in total. The van der Waals surface area contributed by atoms with Crippen LogP contribution in [0.4, 0.5) is 15.8 Å². The van der Waals surface area contributed by atoms with Gasteiger partial charge in [-0.05, 0) is 18.2 Å². The third-order valence-electron chi connectivity index (χ3n) is 2.94. The molecule has 118 valence electrons. The molecule has 0 radical (unpaired) electrons. The van der Waals surface area contributed by atoms with Crippen LogP contribution in [-0.2, 0) is 10.0 Å². The van der Waals surface area contributed by atoms with E-state index in [4.69, 9.17) is 0 Å². The maximum atomic E-state index is 13.8. The average molecular weight is 354 g/mol. The number of hydrogen-bond acceptors (Lipinski definition) is 7. The van der Waals surface area contributed by atoms with Crippen LogP contribution in [0.15, 0.2) is 41.3 Å². The topological polar surface area (TPSA) is 115 Å². The van der Waals surface area contributed by atoms with Gasteiger partial charge < -0.3 is 0 Å². The number of sulfonamides is 1. The molecule has 1 heterocycles. The fourth-order valence-electron chi connectivity index (χ4n) is 1.90. The summed E-state index contributed by atoms with van der Waals surface area (Å²) in [5.41, 5.74) is -0.412. The molecular formula is C12H7FN4O4S2. The number of benzene rings is 2. The number of rotatable bonds is 4. The fourth-order valence-corrected chi connectivity index (χ4v) is 3.73. The van der Waals surface area contributed by atoms with Crippen LogP contribution in [0.1, 0.15) is 0 Å². The first-order chi connectivity index (χ1) is 10.9. The number of nitro groups is 1. The summed E-state index contributed by atoms with van der Waals surface area (Å²) < 4.78 is 48.5. The summed E-state index contributed by atoms with van der Waals surface area (Å²) in [6.45, 7) is 0. The zero-order valence-corrected chi connectivity index (χ0v) is 12.8. The molecule has 0 spiro atoms. The molecule has 0 amide bonds. The van der Waals surface area contributed by atoms with Crippen LogP contribution in [0, 0.1) is 15.9 Å². The van der Waals surface area contributed by atoms with Crippen molar-refractivity contribution < 1.29 is 17.7 Å². The number of non-ortho nitro benzene ring substituents is 1. The van der Waals surface area contributed by atoms with E-state index in [2.05, 4.69) is 8.75 Å². The van der Waals surface area contributed by atoms with Gasteiger partial charge in [0.25, 0.3) is 15.7 Å². The second-order valence-corrected chi connectivity index (χ2v) is 6.59. The molecule has 0 saturated carbocycles. The Hall–Kier alpha value is -2.66. The van der Waals surface area contributed by atoms with Gasteiger partial charge in [-0.2, -0.15) is 8.75 Å². The van der Waals surface area contributed by atoms with E-state index in [1.165, 1.54) is 12.1 Å². The van der Waals surface area contributed by atoms with Crippen molar-refractivity contribution >= 4 is 44.2 Å². The zero-order chi connectivity index (χ0) is 16.6. The van der Waals surface area contributed by atoms with E-state index < -0.39 is 32.1 Å². The van der Waals surface area contributed by atoms with Crippen LogP contribution >= 0.6 is 11.7 Å². The van der Waals surface area contributed by atoms with Crippen LogP contribution in [0.25, 0.3) is 11.0 Å². The number of nitrogens with zero attached hydrogens (tertiary/aromatic N) is 3. The van der Waals surface area contributed by atoms with Crippen molar-refractivity contribution in [1.82, 2.24) is 8.75 Å². The quantitative estimate of drug-likeness (QED) is 0.569. The third-order valence-corrected chi connectivity index (χ3v) is 4.88. The van der Waals surface area contributed by atoms with Crippen molar-refractivity contribution in [1.29, 1.82) is 0 Å². The van der Waals surface area contributed by atoms with Crippen molar-refractivity contribution in [2.45, 2.75) is 4.90 Å². The zero-order valence-electron chi connectivity index (χ0n) is 11.1. The lowest BCUT2D eigenvalue weighted by atomic mass is 10.3. The minimum absolute atomic E-state index is 0.149. The number of halogens is 1. The number of nitrogens with one attached hydrogen (secondary N) is 1. The average Bonchev–Trinajstić information content (AvgIpc) is 2.97. The van der Waals surface area contributed by atoms with Crippen molar-refractivity contribution in [2.24, 2.45) is 0 Å². The molecule has 0 atom stereocenters. The highest BCUT2D eigenvalue weighted by molar-refractivity contribution is 7.93. The predicted molar refractivity (Wildman–Crippen MR) is 81.3 cm³/mol. The van der Waals surface area contributed by atoms with E-state index in [1.807, 2.05) is 4.72 Å². The van der Waals surface area contributed by atoms with Gasteiger partial charge in [-0.15, -0.1) is 0 Å². The van der Waals surface area contributed by atoms with E-state index in [-0.39, 0.29) is 10.4 Å². The van der Waals surface area contributed by atoms with Gasteiger partial charge in [0.2, 0.25) is 0 Å². The highest BCUT2D eigenvalue weighted by Crippen LogP contribution is 2.26. The molecule has 11 heteroatoms. The van der Waals surface area contributed by atoms with Crippen LogP contribution < -0.4 is 4.72 Å². The molecule has 0 aliphatic rings. The molecule has 0 aliphatic carbocycles. The number of anilines is 1. The van der Waals surface area contributed by atoms with Gasteiger partial charge in [-0.25, -0.2) is 12.8 Å². The van der Waals surface area contributed by atoms with Crippen LogP contribution in [0.2, 0.25) is 0 Å². The van der Waals surface area contributed by atoms with Crippen molar-refractivity contribution in [3.05, 3.63) is 52.3 Å². The minimum atomic E-state index is -4.18. The molecule has 0 unspecified atom stereocenters. The van der Waals surface area contributed by atoms with Crippen molar-refractivity contribution in [3.63, 3.8) is 0 Å². The SMILES string of the molecule is O=[N+]([O-])c1ccc(F)c(NS(=O)(=O)c2cccc3nsnc23)c1. The first kappa shape index (κ1) is 15.2. The number of hydrogen-bond donors (Lipinski definition) is 1. The van der Waals surface area contributed by atoms with E-state index in [1.54, 1.807) is 6.07 Å². The highest BCUT2D eigenvalue weighted by Gasteiger charge is 2.22. The number of fused-ring (bicyclic) bond motifs is 1. The summed E-state index contributed by atoms with van der Waals surface area (Å²) in [5, 5.41) is 10.7. The Balaban J connectivity index is 2.07. The molecule has 3 aromatic rings. The molecule has 3 rings (SSSR count). The highest BCUT2D eigenvalue weighted by atomic mass is 32.2. The lowest BCUT2D eigenvalue weighted by molar-refractivity contribution is -0.384. The van der Waals surface area contributed by atoms with E-state index >= 15 is 0 Å². The Morgan fingerprint density at radius 2 is 2.00 bits per heavy atom. The Labute approximate surface area is 133 Å². The van der Waals surface area contributed by atoms with Crippen LogP contribution in [0.3, 0.4) is 0 Å². The monoisotopic (exact) mass is 354 g/mol. The van der Waals surface area contributed by atoms with E-state index in [0.717, 1.165) is 29.9 Å². The first-order valence-electron chi connectivity index (χ1n) is 6.06. The molecule has 0 bridgehead atoms. The number of nitro benzene ring substituents is 1. The fraction of sp³-hybridized carbons (Fsp3) is 0. The van der Waals surface area contributed by atoms with Gasteiger partial charge in [0.05, 0.1) is 22.3 Å².